The van der Waals surface area contributed by atoms with E-state index in [0.717, 1.165) is 16.7 Å². The van der Waals surface area contributed by atoms with Crippen molar-refractivity contribution < 1.29 is 14.7 Å². The van der Waals surface area contributed by atoms with Gasteiger partial charge in [0, 0.05) is 5.69 Å². The van der Waals surface area contributed by atoms with Gasteiger partial charge >= 0.3 is 0 Å². The van der Waals surface area contributed by atoms with Gasteiger partial charge in [0.2, 0.25) is 5.78 Å². The minimum atomic E-state index is -0.711. The molecule has 3 aromatic rings. The quantitative estimate of drug-likeness (QED) is 0.410. The SMILES string of the molecule is CC(C)(C)c1ccc(C2C(C(=O)c3cccs3)=C(O)C(=O)N2c2ccc(C(C)(C)C)cc2)cc1. The first-order valence-electron chi connectivity index (χ1n) is 11.5. The van der Waals surface area contributed by atoms with Crippen LogP contribution in [0.2, 0.25) is 0 Å². The number of aliphatic hydroxyl groups is 1. The molecular formula is C29H31NO3S. The van der Waals surface area contributed by atoms with Crippen LogP contribution >= 0.6 is 11.3 Å². The smallest absolute Gasteiger partial charge is 0.294 e. The van der Waals surface area contributed by atoms with Crippen molar-refractivity contribution in [1.29, 1.82) is 0 Å². The lowest BCUT2D eigenvalue weighted by Gasteiger charge is -2.28. The van der Waals surface area contributed by atoms with Crippen molar-refractivity contribution in [1.82, 2.24) is 0 Å². The van der Waals surface area contributed by atoms with Gasteiger partial charge in [0.25, 0.3) is 5.91 Å². The zero-order valence-electron chi connectivity index (χ0n) is 20.5. The molecule has 1 aliphatic rings. The Balaban J connectivity index is 1.84. The Morgan fingerprint density at radius 3 is 1.85 bits per heavy atom. The van der Waals surface area contributed by atoms with Crippen LogP contribution in [-0.2, 0) is 15.6 Å². The van der Waals surface area contributed by atoms with Gasteiger partial charge in [0.1, 0.15) is 0 Å². The zero-order valence-corrected chi connectivity index (χ0v) is 21.4. The summed E-state index contributed by atoms with van der Waals surface area (Å²) < 4.78 is 0. The number of hydrogen-bond acceptors (Lipinski definition) is 4. The predicted octanol–water partition coefficient (Wildman–Crippen LogP) is 7.13. The first-order valence-corrected chi connectivity index (χ1v) is 12.3. The second kappa shape index (κ2) is 8.55. The molecule has 1 atom stereocenters. The average molecular weight is 474 g/mol. The van der Waals surface area contributed by atoms with Crippen molar-refractivity contribution in [3.8, 4) is 0 Å². The Bertz CT molecular complexity index is 1240. The molecule has 0 spiro atoms. The van der Waals surface area contributed by atoms with Gasteiger partial charge in [-0.1, -0.05) is 84.0 Å². The maximum absolute atomic E-state index is 13.5. The zero-order chi connectivity index (χ0) is 24.8. The molecule has 2 aromatic carbocycles. The molecule has 1 aliphatic heterocycles. The van der Waals surface area contributed by atoms with Crippen LogP contribution in [0.5, 0.6) is 0 Å². The monoisotopic (exact) mass is 473 g/mol. The molecule has 0 aliphatic carbocycles. The summed E-state index contributed by atoms with van der Waals surface area (Å²) in [5.74, 6) is -1.36. The number of ketones is 1. The molecule has 2 heterocycles. The Morgan fingerprint density at radius 1 is 0.853 bits per heavy atom. The minimum absolute atomic E-state index is 0.0277. The van der Waals surface area contributed by atoms with Crippen molar-refractivity contribution in [2.45, 2.75) is 58.4 Å². The summed E-state index contributed by atoms with van der Waals surface area (Å²) in [4.78, 5) is 28.8. The van der Waals surface area contributed by atoms with Crippen LogP contribution in [-0.4, -0.2) is 16.8 Å². The van der Waals surface area contributed by atoms with Gasteiger partial charge in [-0.3, -0.25) is 14.5 Å². The van der Waals surface area contributed by atoms with Crippen molar-refractivity contribution in [3.05, 3.63) is 98.9 Å². The Kier molecular flexibility index (Phi) is 6.03. The molecule has 4 rings (SSSR count). The van der Waals surface area contributed by atoms with Gasteiger partial charge in [-0.05, 0) is 51.1 Å². The normalized spacial score (nSPS) is 16.9. The maximum Gasteiger partial charge on any atom is 0.294 e. The summed E-state index contributed by atoms with van der Waals surface area (Å²) in [6.07, 6.45) is 0. The lowest BCUT2D eigenvalue weighted by atomic mass is 9.85. The molecule has 1 unspecified atom stereocenters. The molecule has 5 heteroatoms. The van der Waals surface area contributed by atoms with E-state index in [9.17, 15) is 14.7 Å². The van der Waals surface area contributed by atoms with Crippen LogP contribution in [0.25, 0.3) is 0 Å². The van der Waals surface area contributed by atoms with Gasteiger partial charge in [0.05, 0.1) is 16.5 Å². The van der Waals surface area contributed by atoms with E-state index in [1.807, 2.05) is 53.9 Å². The van der Waals surface area contributed by atoms with Crippen molar-refractivity contribution in [3.63, 3.8) is 0 Å². The highest BCUT2D eigenvalue weighted by Crippen LogP contribution is 2.43. The van der Waals surface area contributed by atoms with E-state index in [4.69, 9.17) is 0 Å². The van der Waals surface area contributed by atoms with Crippen LogP contribution in [0.4, 0.5) is 5.69 Å². The predicted molar refractivity (Wildman–Crippen MR) is 139 cm³/mol. The Labute approximate surface area is 205 Å². The fourth-order valence-electron chi connectivity index (χ4n) is 4.25. The summed E-state index contributed by atoms with van der Waals surface area (Å²) in [5, 5.41) is 12.7. The fraction of sp³-hybridized carbons (Fsp3) is 0.310. The number of nitrogens with zero attached hydrogens (tertiary/aromatic N) is 1. The molecule has 1 aromatic heterocycles. The number of carbonyl (C=O) groups excluding carboxylic acids is 2. The largest absolute Gasteiger partial charge is 0.503 e. The molecule has 1 N–H and O–H groups in total. The van der Waals surface area contributed by atoms with Crippen molar-refractivity contribution >= 4 is 28.7 Å². The van der Waals surface area contributed by atoms with E-state index in [1.54, 1.807) is 12.1 Å². The average Bonchev–Trinajstić information content (AvgIpc) is 3.40. The van der Waals surface area contributed by atoms with Gasteiger partial charge in [0.15, 0.2) is 5.76 Å². The van der Waals surface area contributed by atoms with Crippen LogP contribution in [0.1, 0.15) is 73.9 Å². The molecule has 1 amide bonds. The summed E-state index contributed by atoms with van der Waals surface area (Å²) in [6, 6.07) is 18.5. The molecule has 0 fully saturated rings. The number of benzene rings is 2. The van der Waals surface area contributed by atoms with Crippen molar-refractivity contribution in [2.24, 2.45) is 0 Å². The first-order chi connectivity index (χ1) is 15.9. The van der Waals surface area contributed by atoms with Gasteiger partial charge in [-0.15, -0.1) is 11.3 Å². The summed E-state index contributed by atoms with van der Waals surface area (Å²) in [6.45, 7) is 12.8. The van der Waals surface area contributed by atoms with E-state index in [0.29, 0.717) is 10.6 Å². The fourth-order valence-corrected chi connectivity index (χ4v) is 4.92. The molecular weight excluding hydrogens is 442 g/mol. The van der Waals surface area contributed by atoms with Crippen molar-refractivity contribution in [2.75, 3.05) is 4.90 Å². The number of amides is 1. The number of aliphatic hydroxyl groups excluding tert-OH is 1. The number of rotatable bonds is 4. The van der Waals surface area contributed by atoms with E-state index in [1.165, 1.54) is 16.2 Å². The number of Topliss-reactive ketones (excluding diaryl/α,β-unsaturated/α-hetero) is 1. The number of hydrogen-bond donors (Lipinski definition) is 1. The highest BCUT2D eigenvalue weighted by atomic mass is 32.1. The van der Waals surface area contributed by atoms with E-state index >= 15 is 0 Å². The van der Waals surface area contributed by atoms with Crippen LogP contribution in [0.3, 0.4) is 0 Å². The molecule has 4 nitrogen and oxygen atoms in total. The minimum Gasteiger partial charge on any atom is -0.503 e. The lowest BCUT2D eigenvalue weighted by molar-refractivity contribution is -0.117. The highest BCUT2D eigenvalue weighted by Gasteiger charge is 2.45. The molecule has 176 valence electrons. The highest BCUT2D eigenvalue weighted by molar-refractivity contribution is 7.12. The topological polar surface area (TPSA) is 57.6 Å². The molecule has 0 radical (unpaired) electrons. The van der Waals surface area contributed by atoms with E-state index in [2.05, 4.69) is 41.5 Å². The number of anilines is 1. The van der Waals surface area contributed by atoms with Crippen LogP contribution in [0.15, 0.2) is 77.4 Å². The lowest BCUT2D eigenvalue weighted by Crippen LogP contribution is -2.31. The molecule has 0 bridgehead atoms. The Hall–Kier alpha value is -3.18. The third-order valence-electron chi connectivity index (χ3n) is 6.30. The van der Waals surface area contributed by atoms with E-state index in [-0.39, 0.29) is 22.2 Å². The van der Waals surface area contributed by atoms with Crippen LogP contribution in [0, 0.1) is 0 Å². The van der Waals surface area contributed by atoms with Gasteiger partial charge in [-0.2, -0.15) is 0 Å². The van der Waals surface area contributed by atoms with Crippen LogP contribution < -0.4 is 4.90 Å². The maximum atomic E-state index is 13.5. The molecule has 34 heavy (non-hydrogen) atoms. The summed E-state index contributed by atoms with van der Waals surface area (Å²) in [7, 11) is 0. The third kappa shape index (κ3) is 4.32. The summed E-state index contributed by atoms with van der Waals surface area (Å²) in [5.41, 5.74) is 3.78. The van der Waals surface area contributed by atoms with Gasteiger partial charge < -0.3 is 5.11 Å². The second-order valence-electron chi connectivity index (χ2n) is 10.8. The first kappa shape index (κ1) is 24.0. The number of carbonyl (C=O) groups is 2. The Morgan fingerprint density at radius 2 is 1.38 bits per heavy atom. The standard InChI is InChI=1S/C29H31NO3S/c1-28(2,3)19-11-9-18(10-12-19)24-23(25(31)22-8-7-17-34-22)26(32)27(33)30(24)21-15-13-20(14-16-21)29(4,5)6/h7-17,24,32H,1-6H3. The van der Waals surface area contributed by atoms with E-state index < -0.39 is 17.7 Å². The third-order valence-corrected chi connectivity index (χ3v) is 7.17. The second-order valence-corrected chi connectivity index (χ2v) is 11.8. The molecule has 0 saturated carbocycles. The number of thiophene rings is 1. The van der Waals surface area contributed by atoms with Gasteiger partial charge in [-0.25, -0.2) is 0 Å². The molecule has 0 saturated heterocycles. The summed E-state index contributed by atoms with van der Waals surface area (Å²) >= 11 is 1.30.